The van der Waals surface area contributed by atoms with Crippen LogP contribution in [0.4, 0.5) is 4.79 Å². The van der Waals surface area contributed by atoms with E-state index in [4.69, 9.17) is 14.2 Å². The second-order valence-electron chi connectivity index (χ2n) is 11.5. The summed E-state index contributed by atoms with van der Waals surface area (Å²) in [6, 6.07) is 9.14. The summed E-state index contributed by atoms with van der Waals surface area (Å²) in [4.78, 5) is 28.4. The fourth-order valence-electron chi connectivity index (χ4n) is 3.95. The van der Waals surface area contributed by atoms with Crippen molar-refractivity contribution in [3.63, 3.8) is 0 Å². The molecular weight excluding hydrogens is 518 g/mol. The molecule has 1 amide bonds. The van der Waals surface area contributed by atoms with Gasteiger partial charge in [-0.3, -0.25) is 4.79 Å². The fraction of sp³-hybridized carbons (Fsp3) is 0.483. The van der Waals surface area contributed by atoms with Gasteiger partial charge in [-0.1, -0.05) is 12.1 Å². The van der Waals surface area contributed by atoms with Crippen molar-refractivity contribution >= 4 is 33.1 Å². The average molecular weight is 560 g/mol. The molecule has 2 aromatic heterocycles. The van der Waals surface area contributed by atoms with E-state index in [1.807, 2.05) is 48.0 Å². The molecule has 10 heteroatoms. The van der Waals surface area contributed by atoms with E-state index in [0.29, 0.717) is 24.8 Å². The summed E-state index contributed by atoms with van der Waals surface area (Å²) in [5.74, 6) is 0.464. The molecule has 0 fully saturated rings. The Morgan fingerprint density at radius 1 is 1.18 bits per heavy atom. The number of aryl methyl sites for hydroxylation is 1. The van der Waals surface area contributed by atoms with Gasteiger partial charge in [0.15, 0.2) is 0 Å². The summed E-state index contributed by atoms with van der Waals surface area (Å²) < 4.78 is 19.4. The van der Waals surface area contributed by atoms with Gasteiger partial charge in [0.25, 0.3) is 0 Å². The molecule has 0 bridgehead atoms. The number of hydrogen-bond donors (Lipinski definition) is 2. The SMILES string of the molecule is Cc1cn(COCCS(C)(C)C)c2nccc(Oc3cccc(CC(CNC(=O)OC(C)(C)C)C(=O)O)c3)c12. The number of fused-ring (bicyclic) bond motifs is 1. The van der Waals surface area contributed by atoms with Crippen LogP contribution in [-0.2, 0) is 27.4 Å². The zero-order chi connectivity index (χ0) is 28.8. The minimum Gasteiger partial charge on any atom is -0.481 e. The number of carbonyl (C=O) groups excluding carboxylic acids is 1. The number of aliphatic carboxylic acids is 1. The van der Waals surface area contributed by atoms with Gasteiger partial charge in [0.1, 0.15) is 29.5 Å². The maximum Gasteiger partial charge on any atom is 0.407 e. The molecule has 1 aromatic carbocycles. The van der Waals surface area contributed by atoms with Gasteiger partial charge in [-0.2, -0.15) is 0 Å². The number of rotatable bonds is 12. The smallest absolute Gasteiger partial charge is 0.407 e. The van der Waals surface area contributed by atoms with Crippen molar-refractivity contribution < 1.29 is 28.9 Å². The largest absolute Gasteiger partial charge is 0.481 e. The summed E-state index contributed by atoms with van der Waals surface area (Å²) in [5, 5.41) is 13.2. The number of alkyl carbamates (subject to hydrolysis) is 1. The average Bonchev–Trinajstić information content (AvgIpc) is 3.14. The van der Waals surface area contributed by atoms with Crippen LogP contribution in [0.3, 0.4) is 0 Å². The van der Waals surface area contributed by atoms with Gasteiger partial charge in [-0.05, 0) is 82.2 Å². The maximum atomic E-state index is 12.0. The second-order valence-corrected chi connectivity index (χ2v) is 16.1. The monoisotopic (exact) mass is 559 g/mol. The van der Waals surface area contributed by atoms with Crippen molar-refractivity contribution in [2.45, 2.75) is 46.4 Å². The molecule has 39 heavy (non-hydrogen) atoms. The molecule has 0 aliphatic heterocycles. The van der Waals surface area contributed by atoms with E-state index in [2.05, 4.69) is 29.1 Å². The first-order valence-electron chi connectivity index (χ1n) is 12.9. The highest BCUT2D eigenvalue weighted by Gasteiger charge is 2.22. The lowest BCUT2D eigenvalue weighted by Gasteiger charge is -2.24. The number of aromatic nitrogens is 2. The first kappa shape index (κ1) is 30.3. The quantitative estimate of drug-likeness (QED) is 0.279. The summed E-state index contributed by atoms with van der Waals surface area (Å²) in [6.07, 6.45) is 10.1. The van der Waals surface area contributed by atoms with Gasteiger partial charge in [-0.25, -0.2) is 19.8 Å². The predicted molar refractivity (Wildman–Crippen MR) is 156 cm³/mol. The molecule has 0 aliphatic carbocycles. The minimum absolute atomic E-state index is 0.0494. The zero-order valence-electron chi connectivity index (χ0n) is 23.9. The van der Waals surface area contributed by atoms with Crippen LogP contribution >= 0.6 is 10.0 Å². The van der Waals surface area contributed by atoms with Gasteiger partial charge < -0.3 is 29.2 Å². The number of nitrogens with one attached hydrogen (secondary N) is 1. The van der Waals surface area contributed by atoms with Crippen LogP contribution < -0.4 is 10.1 Å². The van der Waals surface area contributed by atoms with Gasteiger partial charge in [-0.15, -0.1) is 0 Å². The summed E-state index contributed by atoms with van der Waals surface area (Å²) in [7, 11) is -0.614. The van der Waals surface area contributed by atoms with Crippen LogP contribution in [-0.4, -0.2) is 70.0 Å². The Hall–Kier alpha value is -3.24. The van der Waals surface area contributed by atoms with Crippen LogP contribution in [0.1, 0.15) is 31.9 Å². The van der Waals surface area contributed by atoms with Crippen LogP contribution in [0.25, 0.3) is 11.0 Å². The number of carbonyl (C=O) groups is 2. The number of nitrogens with zero attached hydrogens (tertiary/aromatic N) is 2. The third-order valence-corrected chi connectivity index (χ3v) is 7.22. The number of hydrogen-bond acceptors (Lipinski definition) is 6. The topological polar surface area (TPSA) is 112 Å². The van der Waals surface area contributed by atoms with E-state index < -0.39 is 33.6 Å². The van der Waals surface area contributed by atoms with E-state index in [9.17, 15) is 14.7 Å². The lowest BCUT2D eigenvalue weighted by Crippen LogP contribution is -2.37. The van der Waals surface area contributed by atoms with Gasteiger partial charge in [0.05, 0.1) is 17.9 Å². The summed E-state index contributed by atoms with van der Waals surface area (Å²) in [5.41, 5.74) is 1.92. The molecule has 9 nitrogen and oxygen atoms in total. The fourth-order valence-corrected chi connectivity index (χ4v) is 4.57. The second kappa shape index (κ2) is 12.7. The molecule has 3 aromatic rings. The van der Waals surface area contributed by atoms with Crippen molar-refractivity contribution in [3.8, 4) is 11.5 Å². The molecule has 3 rings (SSSR count). The first-order chi connectivity index (χ1) is 18.2. The van der Waals surface area contributed by atoms with Crippen molar-refractivity contribution in [2.75, 3.05) is 37.7 Å². The summed E-state index contributed by atoms with van der Waals surface area (Å²) in [6.45, 7) is 8.34. The van der Waals surface area contributed by atoms with Crippen molar-refractivity contribution in [2.24, 2.45) is 5.92 Å². The van der Waals surface area contributed by atoms with Crippen molar-refractivity contribution in [1.29, 1.82) is 0 Å². The number of benzene rings is 1. The lowest BCUT2D eigenvalue weighted by atomic mass is 9.99. The lowest BCUT2D eigenvalue weighted by molar-refractivity contribution is -0.141. The molecule has 1 atom stereocenters. The molecule has 0 spiro atoms. The van der Waals surface area contributed by atoms with Gasteiger partial charge >= 0.3 is 12.1 Å². The molecule has 214 valence electrons. The number of amides is 1. The zero-order valence-corrected chi connectivity index (χ0v) is 24.8. The van der Waals surface area contributed by atoms with Crippen LogP contribution in [0, 0.1) is 12.8 Å². The van der Waals surface area contributed by atoms with Crippen molar-refractivity contribution in [1.82, 2.24) is 14.9 Å². The van der Waals surface area contributed by atoms with E-state index in [1.165, 1.54) is 0 Å². The maximum absolute atomic E-state index is 12.0. The van der Waals surface area contributed by atoms with E-state index in [1.54, 1.807) is 27.0 Å². The molecule has 2 N–H and O–H groups in total. The Labute approximate surface area is 232 Å². The number of carboxylic acid groups (broad SMARTS) is 1. The Bertz CT molecular complexity index is 1290. The number of carboxylic acids is 1. The molecular formula is C29H41N3O6S. The summed E-state index contributed by atoms with van der Waals surface area (Å²) >= 11 is 0. The normalized spacial score (nSPS) is 13.2. The van der Waals surface area contributed by atoms with Crippen molar-refractivity contribution in [3.05, 3.63) is 53.9 Å². The molecule has 2 heterocycles. The van der Waals surface area contributed by atoms with Gasteiger partial charge in [0, 0.05) is 24.7 Å². The van der Waals surface area contributed by atoms with E-state index in [0.717, 1.165) is 27.9 Å². The highest BCUT2D eigenvalue weighted by atomic mass is 32.3. The Morgan fingerprint density at radius 3 is 2.59 bits per heavy atom. The predicted octanol–water partition coefficient (Wildman–Crippen LogP) is 5.57. The molecule has 0 saturated heterocycles. The van der Waals surface area contributed by atoms with E-state index in [-0.39, 0.29) is 13.0 Å². The Balaban J connectivity index is 1.70. The van der Waals surface area contributed by atoms with Gasteiger partial charge in [0.2, 0.25) is 0 Å². The standard InChI is InChI=1S/C29H41N3O6S/c1-20-18-32(19-36-13-14-39(5,6)7)26-25(20)24(11-12-30-26)37-23-10-8-9-21(16-23)15-22(27(33)34)17-31-28(35)38-29(2,3)4/h8-12,16,18,22H,13-15,17,19H2,1-7H3,(H,31,35)(H,33,34). The third kappa shape index (κ3) is 9.47. The highest BCUT2D eigenvalue weighted by Crippen LogP contribution is 2.34. The molecule has 0 aliphatic rings. The Morgan fingerprint density at radius 2 is 1.92 bits per heavy atom. The van der Waals surface area contributed by atoms with Crippen LogP contribution in [0.15, 0.2) is 42.7 Å². The highest BCUT2D eigenvalue weighted by molar-refractivity contribution is 8.32. The van der Waals surface area contributed by atoms with E-state index >= 15 is 0 Å². The molecule has 0 saturated carbocycles. The van der Waals surface area contributed by atoms with Crippen LogP contribution in [0.5, 0.6) is 11.5 Å². The number of ether oxygens (including phenoxy) is 3. The molecule has 1 unspecified atom stereocenters. The minimum atomic E-state index is -1.00. The Kier molecular flexibility index (Phi) is 9.90. The number of pyridine rings is 1. The molecule has 0 radical (unpaired) electrons. The first-order valence-corrected chi connectivity index (χ1v) is 15.9. The van der Waals surface area contributed by atoms with Crippen LogP contribution in [0.2, 0.25) is 0 Å². The third-order valence-electron chi connectivity index (χ3n) is 5.83.